The van der Waals surface area contributed by atoms with Gasteiger partial charge in [-0.1, -0.05) is 34.1 Å². The fourth-order valence-electron chi connectivity index (χ4n) is 4.99. The number of ether oxygens (including phenoxy) is 1. The molecule has 2 rings (SSSR count). The molecule has 3 atom stereocenters. The van der Waals surface area contributed by atoms with Crippen LogP contribution in [0.4, 0.5) is 0 Å². The van der Waals surface area contributed by atoms with Crippen LogP contribution in [0.1, 0.15) is 66.7 Å². The smallest absolute Gasteiger partial charge is 0.303 e. The van der Waals surface area contributed by atoms with Gasteiger partial charge in [-0.2, -0.15) is 0 Å². The third kappa shape index (κ3) is 2.19. The Morgan fingerprint density at radius 2 is 1.75 bits per heavy atom. The standard InChI is InChI=1S/C17H28O3/c1-12(18)20-11-14(19)17(5)10-7-13-15(2,3)8-6-9-16(13,17)4/h13H,6-11H2,1-5H3/t13-,16-,17-/m0/s1. The van der Waals surface area contributed by atoms with Gasteiger partial charge in [-0.15, -0.1) is 0 Å². The van der Waals surface area contributed by atoms with Crippen LogP contribution in [0, 0.1) is 22.2 Å². The van der Waals surface area contributed by atoms with Crippen LogP contribution in [0.3, 0.4) is 0 Å². The number of hydrogen-bond acceptors (Lipinski definition) is 3. The number of fused-ring (bicyclic) bond motifs is 1. The molecule has 0 spiro atoms. The van der Waals surface area contributed by atoms with Crippen molar-refractivity contribution in [3.63, 3.8) is 0 Å². The average Bonchev–Trinajstić information content (AvgIpc) is 2.61. The third-order valence-electron chi connectivity index (χ3n) is 6.45. The van der Waals surface area contributed by atoms with Gasteiger partial charge in [0.15, 0.2) is 12.4 Å². The summed E-state index contributed by atoms with van der Waals surface area (Å²) in [7, 11) is 0. The second kappa shape index (κ2) is 4.85. The Hall–Kier alpha value is -0.860. The molecule has 0 aromatic carbocycles. The molecule has 0 bridgehead atoms. The molecular formula is C17H28O3. The summed E-state index contributed by atoms with van der Waals surface area (Å²) in [6, 6.07) is 0. The molecule has 0 saturated heterocycles. The molecule has 0 aromatic heterocycles. The van der Waals surface area contributed by atoms with Crippen molar-refractivity contribution in [2.75, 3.05) is 6.61 Å². The van der Waals surface area contributed by atoms with E-state index in [-0.39, 0.29) is 29.2 Å². The first kappa shape index (κ1) is 15.5. The summed E-state index contributed by atoms with van der Waals surface area (Å²) in [6.07, 6.45) is 5.60. The van der Waals surface area contributed by atoms with Crippen molar-refractivity contribution in [2.45, 2.75) is 66.7 Å². The molecule has 0 unspecified atom stereocenters. The zero-order chi connectivity index (χ0) is 15.2. The van der Waals surface area contributed by atoms with E-state index >= 15 is 0 Å². The quantitative estimate of drug-likeness (QED) is 0.739. The second-order valence-electron chi connectivity index (χ2n) is 7.89. The second-order valence-corrected chi connectivity index (χ2v) is 7.89. The van der Waals surface area contributed by atoms with Crippen LogP contribution >= 0.6 is 0 Å². The maximum Gasteiger partial charge on any atom is 0.303 e. The molecule has 3 nitrogen and oxygen atoms in total. The largest absolute Gasteiger partial charge is 0.458 e. The van der Waals surface area contributed by atoms with Gasteiger partial charge in [-0.3, -0.25) is 9.59 Å². The summed E-state index contributed by atoms with van der Waals surface area (Å²) in [5.74, 6) is 0.330. The van der Waals surface area contributed by atoms with E-state index in [1.54, 1.807) is 0 Å². The molecule has 2 saturated carbocycles. The summed E-state index contributed by atoms with van der Waals surface area (Å²) >= 11 is 0. The first-order chi connectivity index (χ1) is 9.13. The highest BCUT2D eigenvalue weighted by molar-refractivity contribution is 5.88. The Labute approximate surface area is 122 Å². The zero-order valence-corrected chi connectivity index (χ0v) is 13.5. The molecule has 0 aliphatic heterocycles. The molecule has 0 N–H and O–H groups in total. The summed E-state index contributed by atoms with van der Waals surface area (Å²) in [5, 5.41) is 0. The van der Waals surface area contributed by atoms with Crippen LogP contribution in [0.15, 0.2) is 0 Å². The van der Waals surface area contributed by atoms with E-state index in [0.717, 1.165) is 19.3 Å². The van der Waals surface area contributed by atoms with Gasteiger partial charge in [0, 0.05) is 12.3 Å². The van der Waals surface area contributed by atoms with Crippen LogP contribution < -0.4 is 0 Å². The first-order valence-electron chi connectivity index (χ1n) is 7.80. The maximum atomic E-state index is 12.7. The van der Waals surface area contributed by atoms with Gasteiger partial charge in [0.25, 0.3) is 0 Å². The van der Waals surface area contributed by atoms with Crippen molar-refractivity contribution in [3.8, 4) is 0 Å². The van der Waals surface area contributed by atoms with E-state index in [1.165, 1.54) is 19.8 Å². The normalized spacial score (nSPS) is 39.1. The predicted octanol–water partition coefficient (Wildman–Crippen LogP) is 3.75. The van der Waals surface area contributed by atoms with E-state index in [2.05, 4.69) is 27.7 Å². The number of carbonyl (C=O) groups is 2. The van der Waals surface area contributed by atoms with Crippen molar-refractivity contribution >= 4 is 11.8 Å². The molecule has 3 heteroatoms. The Balaban J connectivity index is 2.24. The topological polar surface area (TPSA) is 43.4 Å². The van der Waals surface area contributed by atoms with Crippen molar-refractivity contribution < 1.29 is 14.3 Å². The fourth-order valence-corrected chi connectivity index (χ4v) is 4.99. The van der Waals surface area contributed by atoms with E-state index in [9.17, 15) is 9.59 Å². The Bertz CT molecular complexity index is 426. The number of hydrogen-bond donors (Lipinski definition) is 0. The fraction of sp³-hybridized carbons (Fsp3) is 0.882. The summed E-state index contributed by atoms with van der Waals surface area (Å²) < 4.78 is 4.97. The minimum absolute atomic E-state index is 0.0476. The Morgan fingerprint density at radius 3 is 2.35 bits per heavy atom. The first-order valence-corrected chi connectivity index (χ1v) is 7.80. The molecule has 2 fully saturated rings. The zero-order valence-electron chi connectivity index (χ0n) is 13.5. The summed E-state index contributed by atoms with van der Waals surface area (Å²) in [6.45, 7) is 10.4. The van der Waals surface area contributed by atoms with Gasteiger partial charge in [-0.25, -0.2) is 0 Å². The Kier molecular flexibility index (Phi) is 3.77. The van der Waals surface area contributed by atoms with E-state index in [1.807, 2.05) is 0 Å². The van der Waals surface area contributed by atoms with E-state index in [0.29, 0.717) is 11.3 Å². The van der Waals surface area contributed by atoms with Crippen molar-refractivity contribution in [1.29, 1.82) is 0 Å². The van der Waals surface area contributed by atoms with Crippen LogP contribution in [0.2, 0.25) is 0 Å². The molecule has 0 heterocycles. The summed E-state index contributed by atoms with van der Waals surface area (Å²) in [5.41, 5.74) is 0.0171. The minimum atomic E-state index is -0.370. The third-order valence-corrected chi connectivity index (χ3v) is 6.45. The number of esters is 1. The highest BCUT2D eigenvalue weighted by atomic mass is 16.5. The predicted molar refractivity (Wildman–Crippen MR) is 78.2 cm³/mol. The van der Waals surface area contributed by atoms with Gasteiger partial charge >= 0.3 is 5.97 Å². The van der Waals surface area contributed by atoms with Crippen molar-refractivity contribution in [3.05, 3.63) is 0 Å². The number of Topliss-reactive ketones (excluding diaryl/α,β-unsaturated/α-hetero) is 1. The summed E-state index contributed by atoms with van der Waals surface area (Å²) in [4.78, 5) is 23.6. The molecule has 114 valence electrons. The molecule has 2 aliphatic carbocycles. The maximum absolute atomic E-state index is 12.7. The average molecular weight is 280 g/mol. The van der Waals surface area contributed by atoms with Crippen LogP contribution in [-0.2, 0) is 14.3 Å². The van der Waals surface area contributed by atoms with Gasteiger partial charge in [0.2, 0.25) is 0 Å². The number of rotatable bonds is 3. The minimum Gasteiger partial charge on any atom is -0.458 e. The SMILES string of the molecule is CC(=O)OCC(=O)[C@]1(C)CC[C@H]2C(C)(C)CCC[C@@]21C. The highest BCUT2D eigenvalue weighted by Crippen LogP contribution is 2.66. The van der Waals surface area contributed by atoms with Crippen molar-refractivity contribution in [2.24, 2.45) is 22.2 Å². The lowest BCUT2D eigenvalue weighted by Gasteiger charge is -2.52. The van der Waals surface area contributed by atoms with E-state index in [4.69, 9.17) is 4.74 Å². The Morgan fingerprint density at radius 1 is 1.10 bits per heavy atom. The molecule has 0 amide bonds. The number of ketones is 1. The molecule has 2 aliphatic rings. The van der Waals surface area contributed by atoms with Crippen molar-refractivity contribution in [1.82, 2.24) is 0 Å². The monoisotopic (exact) mass is 280 g/mol. The lowest BCUT2D eigenvalue weighted by Crippen LogP contribution is -2.49. The van der Waals surface area contributed by atoms with E-state index < -0.39 is 0 Å². The molecular weight excluding hydrogens is 252 g/mol. The van der Waals surface area contributed by atoms with Crippen LogP contribution in [0.5, 0.6) is 0 Å². The number of carbonyl (C=O) groups excluding carboxylic acids is 2. The van der Waals surface area contributed by atoms with Crippen LogP contribution in [-0.4, -0.2) is 18.4 Å². The lowest BCUT2D eigenvalue weighted by atomic mass is 9.51. The van der Waals surface area contributed by atoms with Crippen LogP contribution in [0.25, 0.3) is 0 Å². The van der Waals surface area contributed by atoms with Gasteiger partial charge in [0.05, 0.1) is 0 Å². The molecule has 20 heavy (non-hydrogen) atoms. The van der Waals surface area contributed by atoms with Gasteiger partial charge in [0.1, 0.15) is 0 Å². The molecule has 0 radical (unpaired) electrons. The van der Waals surface area contributed by atoms with Gasteiger partial charge < -0.3 is 4.74 Å². The molecule has 0 aromatic rings. The van der Waals surface area contributed by atoms with Gasteiger partial charge in [-0.05, 0) is 42.4 Å². The lowest BCUT2D eigenvalue weighted by molar-refractivity contribution is -0.153. The highest BCUT2D eigenvalue weighted by Gasteiger charge is 2.62.